The molecular weight excluding hydrogens is 300 g/mol. The number of Topliss-reactive ketones (excluding diaryl/α,β-unsaturated/α-hetero) is 1. The zero-order valence-electron chi connectivity index (χ0n) is 23.1. The quantitative estimate of drug-likeness (QED) is 0.792. The Morgan fingerprint density at radius 1 is 1.38 bits per heavy atom. The predicted molar refractivity (Wildman–Crippen MR) is 92.3 cm³/mol. The first kappa shape index (κ1) is 9.12. The van der Waals surface area contributed by atoms with Gasteiger partial charge in [0, 0.05) is 23.2 Å². The average molecular weight is 340 g/mol. The second-order valence-electron chi connectivity index (χ2n) is 8.31. The van der Waals surface area contributed by atoms with Gasteiger partial charge in [0.1, 0.15) is 5.78 Å². The summed E-state index contributed by atoms with van der Waals surface area (Å²) in [4.78, 5) is 25.4. The standard InChI is InChI=1S/C21H30O3/c1-12(22)19-18(24)11-17-15-5-4-13-10-14(23)6-8-20(13,2)16(15)7-9-21(17,19)3/h10,15-19,24H,4-9,11H2,1-3H3/t15-,16+,17+,18-,19+,20+,21+/m1/s1/i1D3,4D2,6D2,10D,19D. The number of hydrogen-bond acceptors (Lipinski definition) is 3. The lowest BCUT2D eigenvalue weighted by Crippen LogP contribution is -2.51. The molecule has 3 heteroatoms. The lowest BCUT2D eigenvalue weighted by molar-refractivity contribution is -0.131. The van der Waals surface area contributed by atoms with Crippen molar-refractivity contribution in [2.75, 3.05) is 0 Å². The van der Waals surface area contributed by atoms with Crippen molar-refractivity contribution in [1.82, 2.24) is 0 Å². The summed E-state index contributed by atoms with van der Waals surface area (Å²) in [6.07, 6.45) is -5.68. The van der Waals surface area contributed by atoms with Gasteiger partial charge in [-0.25, -0.2) is 0 Å². The first-order valence-electron chi connectivity index (χ1n) is 13.2. The smallest absolute Gasteiger partial charge is 0.155 e. The maximum absolute atomic E-state index is 12.9. The highest BCUT2D eigenvalue weighted by atomic mass is 16.3. The zero-order valence-corrected chi connectivity index (χ0v) is 14.1. The van der Waals surface area contributed by atoms with Gasteiger partial charge in [-0.3, -0.25) is 9.59 Å². The van der Waals surface area contributed by atoms with Crippen molar-refractivity contribution in [1.29, 1.82) is 0 Å². The number of fused-ring (bicyclic) bond motifs is 5. The first-order valence-corrected chi connectivity index (χ1v) is 8.75. The van der Waals surface area contributed by atoms with Crippen LogP contribution in [-0.2, 0) is 9.59 Å². The summed E-state index contributed by atoms with van der Waals surface area (Å²) < 4.78 is 73.9. The van der Waals surface area contributed by atoms with Crippen LogP contribution < -0.4 is 0 Å². The maximum Gasteiger partial charge on any atom is 0.155 e. The molecule has 4 aliphatic carbocycles. The predicted octanol–water partition coefficient (Wildman–Crippen LogP) is 3.69. The molecule has 0 unspecified atom stereocenters. The topological polar surface area (TPSA) is 54.4 Å². The minimum absolute atomic E-state index is 0.0201. The Kier molecular flexibility index (Phi) is 2.00. The van der Waals surface area contributed by atoms with Crippen LogP contribution in [0.15, 0.2) is 11.6 Å². The highest BCUT2D eigenvalue weighted by Gasteiger charge is 2.62. The second-order valence-corrected chi connectivity index (χ2v) is 8.31. The number of rotatable bonds is 1. The lowest BCUT2D eigenvalue weighted by atomic mass is 9.46. The lowest BCUT2D eigenvalue weighted by Gasteiger charge is -2.57. The van der Waals surface area contributed by atoms with Crippen molar-refractivity contribution in [3.8, 4) is 0 Å². The van der Waals surface area contributed by atoms with Crippen LogP contribution in [0, 0.1) is 34.5 Å². The van der Waals surface area contributed by atoms with E-state index in [9.17, 15) is 14.7 Å². The minimum Gasteiger partial charge on any atom is -0.392 e. The van der Waals surface area contributed by atoms with E-state index in [0.717, 1.165) is 0 Å². The van der Waals surface area contributed by atoms with E-state index in [1.807, 2.05) is 0 Å². The monoisotopic (exact) mass is 339 g/mol. The van der Waals surface area contributed by atoms with Gasteiger partial charge in [-0.05, 0) is 80.0 Å². The van der Waals surface area contributed by atoms with Gasteiger partial charge in [0.2, 0.25) is 0 Å². The summed E-state index contributed by atoms with van der Waals surface area (Å²) in [7, 11) is 0. The Morgan fingerprint density at radius 3 is 2.92 bits per heavy atom. The largest absolute Gasteiger partial charge is 0.392 e. The number of aliphatic hydroxyl groups is 1. The van der Waals surface area contributed by atoms with Crippen molar-refractivity contribution in [2.45, 2.75) is 71.7 Å². The van der Waals surface area contributed by atoms with Gasteiger partial charge in [0.05, 0.1) is 7.47 Å². The maximum atomic E-state index is 12.9. The molecule has 0 saturated heterocycles. The summed E-state index contributed by atoms with van der Waals surface area (Å²) in [5.41, 5.74) is -2.29. The van der Waals surface area contributed by atoms with E-state index in [1.54, 1.807) is 13.8 Å². The van der Waals surface area contributed by atoms with Gasteiger partial charge in [0.15, 0.2) is 5.78 Å². The molecular formula is C21H30O3. The van der Waals surface area contributed by atoms with Crippen LogP contribution in [0.25, 0.3) is 0 Å². The fraction of sp³-hybridized carbons (Fsp3) is 0.810. The van der Waals surface area contributed by atoms with Crippen molar-refractivity contribution < 1.29 is 27.0 Å². The third kappa shape index (κ3) is 2.06. The van der Waals surface area contributed by atoms with Crippen LogP contribution in [-0.4, -0.2) is 22.8 Å². The number of aliphatic hydroxyl groups excluding tert-OH is 1. The molecule has 7 atom stereocenters. The first-order chi connectivity index (χ1) is 14.7. The summed E-state index contributed by atoms with van der Waals surface area (Å²) >= 11 is 0. The number of carbonyl (C=O) groups excluding carboxylic acids is 2. The van der Waals surface area contributed by atoms with E-state index in [0.29, 0.717) is 6.42 Å². The van der Waals surface area contributed by atoms with E-state index in [-0.39, 0.29) is 37.2 Å². The normalized spacial score (nSPS) is 64.3. The second kappa shape index (κ2) is 5.27. The van der Waals surface area contributed by atoms with Crippen LogP contribution in [0.5, 0.6) is 0 Å². The summed E-state index contributed by atoms with van der Waals surface area (Å²) in [6, 6.07) is -0.607. The fourth-order valence-electron chi connectivity index (χ4n) is 6.04. The van der Waals surface area contributed by atoms with Crippen molar-refractivity contribution in [2.24, 2.45) is 34.5 Å². The van der Waals surface area contributed by atoms with Crippen LogP contribution in [0.2, 0.25) is 0 Å². The average Bonchev–Trinajstić information content (AvgIpc) is 2.85. The third-order valence-corrected chi connectivity index (χ3v) is 7.26. The Morgan fingerprint density at radius 2 is 2.17 bits per heavy atom. The molecule has 4 rings (SSSR count). The number of ketones is 2. The van der Waals surface area contributed by atoms with Crippen LogP contribution in [0.1, 0.15) is 77.9 Å². The molecule has 3 saturated carbocycles. The van der Waals surface area contributed by atoms with Crippen LogP contribution in [0.3, 0.4) is 0 Å². The highest BCUT2D eigenvalue weighted by molar-refractivity contribution is 5.91. The van der Waals surface area contributed by atoms with E-state index >= 15 is 0 Å². The molecule has 3 fully saturated rings. The van der Waals surface area contributed by atoms with Gasteiger partial charge in [-0.15, -0.1) is 0 Å². The molecule has 1 N–H and O–H groups in total. The molecule has 0 amide bonds. The van der Waals surface area contributed by atoms with Crippen LogP contribution >= 0.6 is 0 Å². The summed E-state index contributed by atoms with van der Waals surface area (Å²) in [6.45, 7) is 0.287. The van der Waals surface area contributed by atoms with Gasteiger partial charge in [-0.2, -0.15) is 0 Å². The van der Waals surface area contributed by atoms with Crippen molar-refractivity contribution in [3.63, 3.8) is 0 Å². The van der Waals surface area contributed by atoms with Gasteiger partial charge >= 0.3 is 0 Å². The summed E-state index contributed by atoms with van der Waals surface area (Å²) in [5, 5.41) is 10.9. The van der Waals surface area contributed by atoms with Gasteiger partial charge in [0.25, 0.3) is 0 Å². The minimum atomic E-state index is -3.06. The fourth-order valence-corrected chi connectivity index (χ4v) is 6.04. The SMILES string of the molecule is [2H]C1=C2C([2H])([2H])C[C@@H]3[C@H](CC[C@@]4(C)[C@H]3C[C@@H](O)[C@]4([2H])C(=O)C([2H])([2H])[2H])[C@@]2(C)CC([2H])([2H])C1=O. The molecule has 0 spiro atoms. The molecule has 0 heterocycles. The molecule has 0 aliphatic heterocycles. The molecule has 132 valence electrons. The van der Waals surface area contributed by atoms with Gasteiger partial charge in [-0.1, -0.05) is 19.4 Å². The molecule has 4 aliphatic rings. The Balaban J connectivity index is 1.84. The molecule has 0 bridgehead atoms. The molecule has 24 heavy (non-hydrogen) atoms. The molecule has 0 radical (unpaired) electrons. The Bertz CT molecular complexity index is 957. The third-order valence-electron chi connectivity index (χ3n) is 7.26. The van der Waals surface area contributed by atoms with Crippen LogP contribution in [0.4, 0.5) is 0 Å². The van der Waals surface area contributed by atoms with E-state index in [1.165, 1.54) is 0 Å². The Labute approximate surface area is 157 Å². The highest BCUT2D eigenvalue weighted by Crippen LogP contribution is 2.66. The summed E-state index contributed by atoms with van der Waals surface area (Å²) in [5.74, 6) is -5.88. The van der Waals surface area contributed by atoms with Crippen molar-refractivity contribution >= 4 is 11.6 Å². The van der Waals surface area contributed by atoms with E-state index in [4.69, 9.17) is 12.3 Å². The van der Waals surface area contributed by atoms with E-state index < -0.39 is 71.9 Å². The molecule has 0 aromatic heterocycles. The molecule has 0 aromatic rings. The zero-order chi connectivity index (χ0) is 25.2. The number of allylic oxidation sites excluding steroid dienone is 1. The van der Waals surface area contributed by atoms with Crippen molar-refractivity contribution in [3.05, 3.63) is 11.6 Å². The number of carbonyl (C=O) groups is 2. The van der Waals surface area contributed by atoms with Gasteiger partial charge < -0.3 is 5.11 Å². The Hall–Kier alpha value is -0.960. The van der Waals surface area contributed by atoms with E-state index in [2.05, 4.69) is 0 Å². The number of hydrogen-bond donors (Lipinski definition) is 1. The molecule has 0 aromatic carbocycles. The molecule has 3 nitrogen and oxygen atoms in total.